The highest BCUT2D eigenvalue weighted by molar-refractivity contribution is 6.27. The van der Waals surface area contributed by atoms with Gasteiger partial charge >= 0.3 is 11.9 Å². The molecule has 0 aromatic heterocycles. The summed E-state index contributed by atoms with van der Waals surface area (Å²) >= 11 is 0. The number of hydrogen-bond donors (Lipinski definition) is 3. The second kappa shape index (κ2) is 12.2. The number of benzene rings is 1. The minimum atomic E-state index is -1.82. The predicted octanol–water partition coefficient (Wildman–Crippen LogP) is 2.18. The van der Waals surface area contributed by atoms with Gasteiger partial charge in [-0.1, -0.05) is 19.9 Å². The van der Waals surface area contributed by atoms with Gasteiger partial charge in [0.15, 0.2) is 11.5 Å². The summed E-state index contributed by atoms with van der Waals surface area (Å²) in [6, 6.07) is 6.74. The van der Waals surface area contributed by atoms with Gasteiger partial charge in [-0.2, -0.15) is 0 Å². The molecule has 0 aliphatic carbocycles. The molecule has 0 unspecified atom stereocenters. The summed E-state index contributed by atoms with van der Waals surface area (Å²) in [5.41, 5.74) is 1.27. The van der Waals surface area contributed by atoms with Gasteiger partial charge in [-0.05, 0) is 43.5 Å². The highest BCUT2D eigenvalue weighted by Crippen LogP contribution is 2.27. The smallest absolute Gasteiger partial charge is 0.414 e. The van der Waals surface area contributed by atoms with Crippen LogP contribution in [-0.4, -0.2) is 49.0 Å². The lowest BCUT2D eigenvalue weighted by Crippen LogP contribution is -2.29. The first kappa shape index (κ1) is 21.7. The topological polar surface area (TPSA) is 105 Å². The minimum absolute atomic E-state index is 0.630. The molecule has 1 rings (SSSR count). The number of nitrogens with one attached hydrogen (secondary N) is 1. The maximum absolute atomic E-state index is 9.10. The first-order valence-corrected chi connectivity index (χ1v) is 7.79. The maximum atomic E-state index is 9.10. The van der Waals surface area contributed by atoms with Crippen LogP contribution in [0.2, 0.25) is 0 Å². The molecule has 0 radical (unpaired) electrons. The van der Waals surface area contributed by atoms with Crippen LogP contribution in [-0.2, 0) is 16.0 Å². The van der Waals surface area contributed by atoms with Crippen LogP contribution in [0.25, 0.3) is 0 Å². The molecule has 3 N–H and O–H groups in total. The standard InChI is InChI=1S/C15H25NO2.C2H2O4/c1-5-13(6-2)16-10-9-12-7-8-14(17-3)15(11-12)18-4;3-1(4)2(5)6/h7-8,11,13,16H,5-6,9-10H2,1-4H3;(H,3,4)(H,5,6). The van der Waals surface area contributed by atoms with Crippen LogP contribution in [0.3, 0.4) is 0 Å². The fourth-order valence-electron chi connectivity index (χ4n) is 2.03. The molecular weight excluding hydrogens is 314 g/mol. The zero-order valence-corrected chi connectivity index (χ0v) is 14.7. The highest BCUT2D eigenvalue weighted by Gasteiger charge is 2.06. The Hall–Kier alpha value is -2.28. The number of carboxylic acids is 2. The van der Waals surface area contributed by atoms with Crippen molar-refractivity contribution in [3.63, 3.8) is 0 Å². The van der Waals surface area contributed by atoms with Crippen LogP contribution in [0.15, 0.2) is 18.2 Å². The van der Waals surface area contributed by atoms with Crippen molar-refractivity contribution in [2.24, 2.45) is 0 Å². The summed E-state index contributed by atoms with van der Waals surface area (Å²) in [7, 11) is 3.33. The van der Waals surface area contributed by atoms with Gasteiger partial charge < -0.3 is 25.0 Å². The van der Waals surface area contributed by atoms with Crippen molar-refractivity contribution in [3.05, 3.63) is 23.8 Å². The van der Waals surface area contributed by atoms with E-state index in [0.717, 1.165) is 24.5 Å². The monoisotopic (exact) mass is 341 g/mol. The van der Waals surface area contributed by atoms with Gasteiger partial charge in [0.05, 0.1) is 14.2 Å². The Bertz CT molecular complexity index is 502. The van der Waals surface area contributed by atoms with E-state index in [1.807, 2.05) is 12.1 Å². The Morgan fingerprint density at radius 2 is 1.58 bits per heavy atom. The molecule has 7 heteroatoms. The van der Waals surface area contributed by atoms with Crippen LogP contribution in [0.4, 0.5) is 0 Å². The highest BCUT2D eigenvalue weighted by atomic mass is 16.5. The Kier molecular flexibility index (Phi) is 11.0. The van der Waals surface area contributed by atoms with E-state index in [1.54, 1.807) is 14.2 Å². The summed E-state index contributed by atoms with van der Waals surface area (Å²) in [5, 5.41) is 18.3. The zero-order chi connectivity index (χ0) is 18.5. The van der Waals surface area contributed by atoms with Crippen LogP contribution >= 0.6 is 0 Å². The number of carbonyl (C=O) groups is 2. The van der Waals surface area contributed by atoms with Crippen molar-refractivity contribution in [1.82, 2.24) is 5.32 Å². The number of carboxylic acid groups (broad SMARTS) is 2. The molecule has 0 amide bonds. The van der Waals surface area contributed by atoms with E-state index < -0.39 is 11.9 Å². The van der Waals surface area contributed by atoms with E-state index in [4.69, 9.17) is 29.3 Å². The fraction of sp³-hybridized carbons (Fsp3) is 0.529. The normalized spacial score (nSPS) is 9.88. The van der Waals surface area contributed by atoms with Crippen molar-refractivity contribution in [1.29, 1.82) is 0 Å². The number of hydrogen-bond acceptors (Lipinski definition) is 5. The van der Waals surface area contributed by atoms with Crippen molar-refractivity contribution < 1.29 is 29.3 Å². The lowest BCUT2D eigenvalue weighted by molar-refractivity contribution is -0.159. The molecule has 0 aliphatic heterocycles. The van der Waals surface area contributed by atoms with Crippen LogP contribution in [0.1, 0.15) is 32.3 Å². The molecule has 0 saturated carbocycles. The summed E-state index contributed by atoms with van der Waals surface area (Å²) in [6.45, 7) is 5.44. The van der Waals surface area contributed by atoms with E-state index >= 15 is 0 Å². The van der Waals surface area contributed by atoms with Gasteiger partial charge in [-0.3, -0.25) is 0 Å². The molecule has 0 fully saturated rings. The third kappa shape index (κ3) is 8.38. The maximum Gasteiger partial charge on any atom is 0.414 e. The Balaban J connectivity index is 0.000000754. The van der Waals surface area contributed by atoms with Crippen molar-refractivity contribution in [3.8, 4) is 11.5 Å². The van der Waals surface area contributed by atoms with Gasteiger partial charge in [-0.25, -0.2) is 9.59 Å². The van der Waals surface area contributed by atoms with Crippen molar-refractivity contribution in [2.45, 2.75) is 39.2 Å². The molecule has 24 heavy (non-hydrogen) atoms. The molecule has 0 heterocycles. The van der Waals surface area contributed by atoms with E-state index in [-0.39, 0.29) is 0 Å². The van der Waals surface area contributed by atoms with Crippen LogP contribution in [0, 0.1) is 0 Å². The quantitative estimate of drug-likeness (QED) is 0.622. The Labute approximate surface area is 142 Å². The molecule has 0 atom stereocenters. The molecule has 1 aromatic rings. The lowest BCUT2D eigenvalue weighted by atomic mass is 10.1. The average molecular weight is 341 g/mol. The fourth-order valence-corrected chi connectivity index (χ4v) is 2.03. The van der Waals surface area contributed by atoms with Gasteiger partial charge in [0.25, 0.3) is 0 Å². The van der Waals surface area contributed by atoms with Crippen molar-refractivity contribution >= 4 is 11.9 Å². The summed E-state index contributed by atoms with van der Waals surface area (Å²) in [6.07, 6.45) is 3.38. The molecular formula is C17H27NO6. The first-order valence-electron chi connectivity index (χ1n) is 7.79. The van der Waals surface area contributed by atoms with Crippen molar-refractivity contribution in [2.75, 3.05) is 20.8 Å². The molecule has 0 bridgehead atoms. The zero-order valence-electron chi connectivity index (χ0n) is 14.7. The first-order chi connectivity index (χ1) is 11.4. The molecule has 0 aliphatic rings. The summed E-state index contributed by atoms with van der Waals surface area (Å²) < 4.78 is 10.5. The van der Waals surface area contributed by atoms with Crippen LogP contribution < -0.4 is 14.8 Å². The number of aliphatic carboxylic acids is 2. The minimum Gasteiger partial charge on any atom is -0.493 e. The van der Waals surface area contributed by atoms with Gasteiger partial charge in [0.2, 0.25) is 0 Å². The average Bonchev–Trinajstić information content (AvgIpc) is 2.59. The second-order valence-electron chi connectivity index (χ2n) is 5.02. The summed E-state index contributed by atoms with van der Waals surface area (Å²) in [5.74, 6) is -2.06. The third-order valence-corrected chi connectivity index (χ3v) is 3.46. The molecule has 0 saturated heterocycles. The van der Waals surface area contributed by atoms with Gasteiger partial charge in [0, 0.05) is 6.04 Å². The third-order valence-electron chi connectivity index (χ3n) is 3.46. The lowest BCUT2D eigenvalue weighted by Gasteiger charge is -2.15. The number of rotatable bonds is 8. The SMILES string of the molecule is CCC(CC)NCCc1ccc(OC)c(OC)c1.O=C(O)C(=O)O. The second-order valence-corrected chi connectivity index (χ2v) is 5.02. The van der Waals surface area contributed by atoms with Gasteiger partial charge in [-0.15, -0.1) is 0 Å². The van der Waals surface area contributed by atoms with E-state index in [0.29, 0.717) is 6.04 Å². The van der Waals surface area contributed by atoms with E-state index in [9.17, 15) is 0 Å². The molecule has 1 aromatic carbocycles. The molecule has 136 valence electrons. The summed E-state index contributed by atoms with van der Waals surface area (Å²) in [4.78, 5) is 18.2. The van der Waals surface area contributed by atoms with E-state index in [1.165, 1.54) is 18.4 Å². The number of ether oxygens (including phenoxy) is 2. The number of methoxy groups -OCH3 is 2. The largest absolute Gasteiger partial charge is 0.493 e. The van der Waals surface area contributed by atoms with E-state index in [2.05, 4.69) is 25.2 Å². The predicted molar refractivity (Wildman–Crippen MR) is 90.9 cm³/mol. The van der Waals surface area contributed by atoms with Gasteiger partial charge in [0.1, 0.15) is 0 Å². The Morgan fingerprint density at radius 1 is 1.04 bits per heavy atom. The van der Waals surface area contributed by atoms with Crippen LogP contribution in [0.5, 0.6) is 11.5 Å². The Morgan fingerprint density at radius 3 is 2.00 bits per heavy atom. The molecule has 7 nitrogen and oxygen atoms in total. The molecule has 0 spiro atoms.